The van der Waals surface area contributed by atoms with E-state index in [4.69, 9.17) is 0 Å². The molecule has 0 aliphatic heterocycles. The van der Waals surface area contributed by atoms with Gasteiger partial charge in [0.2, 0.25) is 0 Å². The van der Waals surface area contributed by atoms with Crippen molar-refractivity contribution in [2.75, 3.05) is 11.9 Å². The first kappa shape index (κ1) is 18.6. The quantitative estimate of drug-likeness (QED) is 0.449. The summed E-state index contributed by atoms with van der Waals surface area (Å²) < 4.78 is 0. The first-order chi connectivity index (χ1) is 13.0. The van der Waals surface area contributed by atoms with E-state index in [-0.39, 0.29) is 18.2 Å². The molecular weight excluding hydrogens is 360 g/mol. The molecule has 0 unspecified atom stereocenters. The second kappa shape index (κ2) is 8.46. The van der Waals surface area contributed by atoms with Crippen molar-refractivity contribution in [3.05, 3.63) is 65.2 Å². The highest BCUT2D eigenvalue weighted by molar-refractivity contribution is 7.17. The molecule has 3 aromatic rings. The number of aromatic nitrogens is 1. The Balaban J connectivity index is 1.63. The summed E-state index contributed by atoms with van der Waals surface area (Å²) in [5.74, 6) is -0.00375. The van der Waals surface area contributed by atoms with Gasteiger partial charge in [0, 0.05) is 11.3 Å². The Bertz CT molecular complexity index is 950. The number of aryl methyl sites for hydroxylation is 1. The van der Waals surface area contributed by atoms with Gasteiger partial charge >= 0.3 is 0 Å². The number of aromatic hydroxyl groups is 1. The molecule has 0 radical (unpaired) electrons. The summed E-state index contributed by atoms with van der Waals surface area (Å²) in [7, 11) is 0. The van der Waals surface area contributed by atoms with Crippen LogP contribution in [-0.4, -0.2) is 28.3 Å². The van der Waals surface area contributed by atoms with Gasteiger partial charge in [0.25, 0.3) is 5.91 Å². The number of hydrogen-bond acceptors (Lipinski definition) is 6. The molecule has 0 aliphatic carbocycles. The molecule has 1 heterocycles. The number of phenols is 1. The summed E-state index contributed by atoms with van der Waals surface area (Å²) in [5, 5.41) is 17.5. The summed E-state index contributed by atoms with van der Waals surface area (Å²) in [6.45, 7) is 3.89. The molecule has 27 heavy (non-hydrogen) atoms. The summed E-state index contributed by atoms with van der Waals surface area (Å²) in [5.41, 5.74) is 5.92. The fourth-order valence-corrected chi connectivity index (χ4v) is 3.45. The first-order valence-electron chi connectivity index (χ1n) is 8.42. The Morgan fingerprint density at radius 1 is 1.15 bits per heavy atom. The van der Waals surface area contributed by atoms with Crippen molar-refractivity contribution < 1.29 is 9.90 Å². The third-order valence-electron chi connectivity index (χ3n) is 3.81. The van der Waals surface area contributed by atoms with Gasteiger partial charge in [0.1, 0.15) is 10.8 Å². The largest absolute Gasteiger partial charge is 0.508 e. The molecule has 1 aromatic heterocycles. The van der Waals surface area contributed by atoms with Crippen LogP contribution < -0.4 is 10.7 Å². The maximum absolute atomic E-state index is 12.0. The number of hydrazone groups is 1. The smallest absolute Gasteiger partial charge is 0.259 e. The zero-order valence-electron chi connectivity index (χ0n) is 15.1. The molecule has 0 saturated heterocycles. The van der Waals surface area contributed by atoms with E-state index in [1.54, 1.807) is 12.1 Å². The van der Waals surface area contributed by atoms with E-state index in [1.807, 2.05) is 56.3 Å². The van der Waals surface area contributed by atoms with Crippen molar-refractivity contribution >= 4 is 28.6 Å². The van der Waals surface area contributed by atoms with Gasteiger partial charge in [-0.2, -0.15) is 5.10 Å². The summed E-state index contributed by atoms with van der Waals surface area (Å²) >= 11 is 1.50. The van der Waals surface area contributed by atoms with Gasteiger partial charge in [0.15, 0.2) is 0 Å². The number of nitrogens with one attached hydrogen (secondary N) is 2. The van der Waals surface area contributed by atoms with Crippen molar-refractivity contribution in [3.63, 3.8) is 0 Å². The minimum absolute atomic E-state index is 0.140. The van der Waals surface area contributed by atoms with Crippen LogP contribution in [-0.2, 0) is 4.79 Å². The van der Waals surface area contributed by atoms with Crippen LogP contribution in [0.25, 0.3) is 10.6 Å². The molecule has 3 N–H and O–H groups in total. The monoisotopic (exact) mass is 380 g/mol. The number of anilines is 1. The topological polar surface area (TPSA) is 86.6 Å². The maximum Gasteiger partial charge on any atom is 0.259 e. The van der Waals surface area contributed by atoms with Crippen LogP contribution in [0.1, 0.15) is 17.5 Å². The average molecular weight is 380 g/mol. The highest BCUT2D eigenvalue weighted by Gasteiger charge is 2.12. The molecule has 0 atom stereocenters. The van der Waals surface area contributed by atoms with Crippen LogP contribution in [0.3, 0.4) is 0 Å². The van der Waals surface area contributed by atoms with Crippen LogP contribution in [0.4, 0.5) is 5.69 Å². The van der Waals surface area contributed by atoms with Crippen molar-refractivity contribution in [3.8, 4) is 16.3 Å². The standard InChI is InChI=1S/C20H20N4O2S/c1-13-19(27-20(22-13)15-8-10-17(25)11-9-15)14(2)23-24-18(26)12-21-16-6-4-3-5-7-16/h3-11,21,25H,12H2,1-2H3,(H,24,26)/b23-14+. The number of rotatable bonds is 6. The van der Waals surface area contributed by atoms with Gasteiger partial charge in [-0.15, -0.1) is 11.3 Å². The molecule has 0 fully saturated rings. The molecule has 0 bridgehead atoms. The minimum atomic E-state index is -0.223. The van der Waals surface area contributed by atoms with E-state index in [2.05, 4.69) is 20.8 Å². The third-order valence-corrected chi connectivity index (χ3v) is 5.13. The van der Waals surface area contributed by atoms with Gasteiger partial charge < -0.3 is 10.4 Å². The number of nitrogens with zero attached hydrogens (tertiary/aromatic N) is 2. The van der Waals surface area contributed by atoms with Gasteiger partial charge in [-0.05, 0) is 50.2 Å². The normalized spacial score (nSPS) is 11.3. The summed E-state index contributed by atoms with van der Waals surface area (Å²) in [4.78, 5) is 17.5. The lowest BCUT2D eigenvalue weighted by atomic mass is 10.2. The molecule has 2 aromatic carbocycles. The number of thiazole rings is 1. The van der Waals surface area contributed by atoms with Gasteiger partial charge in [-0.1, -0.05) is 18.2 Å². The highest BCUT2D eigenvalue weighted by Crippen LogP contribution is 2.29. The molecular formula is C20H20N4O2S. The van der Waals surface area contributed by atoms with E-state index in [0.29, 0.717) is 5.71 Å². The Morgan fingerprint density at radius 2 is 1.85 bits per heavy atom. The van der Waals surface area contributed by atoms with Crippen LogP contribution in [0.15, 0.2) is 59.7 Å². The van der Waals surface area contributed by atoms with Crippen molar-refractivity contribution in [2.24, 2.45) is 5.10 Å². The number of phenolic OH excluding ortho intramolecular Hbond substituents is 1. The lowest BCUT2D eigenvalue weighted by Gasteiger charge is -2.05. The second-order valence-corrected chi connectivity index (χ2v) is 6.93. The Morgan fingerprint density at radius 3 is 2.56 bits per heavy atom. The van der Waals surface area contributed by atoms with Gasteiger partial charge in [0.05, 0.1) is 22.8 Å². The fraction of sp³-hybridized carbons (Fsp3) is 0.150. The van der Waals surface area contributed by atoms with Crippen LogP contribution in [0, 0.1) is 6.92 Å². The molecule has 3 rings (SSSR count). The number of para-hydroxylation sites is 1. The second-order valence-electron chi connectivity index (χ2n) is 5.93. The maximum atomic E-state index is 12.0. The lowest BCUT2D eigenvalue weighted by molar-refractivity contribution is -0.119. The predicted molar refractivity (Wildman–Crippen MR) is 109 cm³/mol. The lowest BCUT2D eigenvalue weighted by Crippen LogP contribution is -2.26. The third kappa shape index (κ3) is 4.92. The number of hydrogen-bond donors (Lipinski definition) is 3. The van der Waals surface area contributed by atoms with Crippen LogP contribution in [0.5, 0.6) is 5.75 Å². The summed E-state index contributed by atoms with van der Waals surface area (Å²) in [6, 6.07) is 16.4. The molecule has 0 spiro atoms. The molecule has 0 saturated carbocycles. The SMILES string of the molecule is C/C(=N\NC(=O)CNc1ccccc1)c1sc(-c2ccc(O)cc2)nc1C. The van der Waals surface area contributed by atoms with E-state index in [1.165, 1.54) is 11.3 Å². The number of benzene rings is 2. The molecule has 0 aliphatic rings. The van der Waals surface area contributed by atoms with Gasteiger partial charge in [-0.25, -0.2) is 10.4 Å². The first-order valence-corrected chi connectivity index (χ1v) is 9.24. The highest BCUT2D eigenvalue weighted by atomic mass is 32.1. The molecule has 1 amide bonds. The van der Waals surface area contributed by atoms with E-state index in [0.717, 1.165) is 26.8 Å². The van der Waals surface area contributed by atoms with Crippen molar-refractivity contribution in [2.45, 2.75) is 13.8 Å². The molecule has 138 valence electrons. The predicted octanol–water partition coefficient (Wildman–Crippen LogP) is 3.78. The van der Waals surface area contributed by atoms with Crippen molar-refractivity contribution in [1.82, 2.24) is 10.4 Å². The Hall–Kier alpha value is -3.19. The molecule has 6 nitrogen and oxygen atoms in total. The zero-order chi connectivity index (χ0) is 19.2. The van der Waals surface area contributed by atoms with Crippen LogP contribution in [0.2, 0.25) is 0 Å². The Kier molecular flexibility index (Phi) is 5.83. The van der Waals surface area contributed by atoms with Gasteiger partial charge in [-0.3, -0.25) is 4.79 Å². The number of carbonyl (C=O) groups excluding carboxylic acids is 1. The van der Waals surface area contributed by atoms with Crippen molar-refractivity contribution in [1.29, 1.82) is 0 Å². The summed E-state index contributed by atoms with van der Waals surface area (Å²) in [6.07, 6.45) is 0. The number of amides is 1. The van der Waals surface area contributed by atoms with E-state index < -0.39 is 0 Å². The average Bonchev–Trinajstić information content (AvgIpc) is 3.07. The zero-order valence-corrected chi connectivity index (χ0v) is 15.9. The van der Waals surface area contributed by atoms with E-state index >= 15 is 0 Å². The number of carbonyl (C=O) groups is 1. The van der Waals surface area contributed by atoms with E-state index in [9.17, 15) is 9.90 Å². The Labute approximate surface area is 161 Å². The molecule has 7 heteroatoms. The minimum Gasteiger partial charge on any atom is -0.508 e. The fourth-order valence-electron chi connectivity index (χ4n) is 2.43. The van der Waals surface area contributed by atoms with Crippen LogP contribution >= 0.6 is 11.3 Å².